The van der Waals surface area contributed by atoms with E-state index >= 15 is 0 Å². The Kier molecular flexibility index (Phi) is 7.24. The molecule has 0 radical (unpaired) electrons. The van der Waals surface area contributed by atoms with Crippen molar-refractivity contribution in [1.29, 1.82) is 0 Å². The fraction of sp³-hybridized carbons (Fsp3) is 0.900. The van der Waals surface area contributed by atoms with Gasteiger partial charge in [0, 0.05) is 0 Å². The molecule has 0 saturated carbocycles. The molecule has 0 N–H and O–H groups in total. The van der Waals surface area contributed by atoms with Gasteiger partial charge in [0.2, 0.25) is 0 Å². The van der Waals surface area contributed by atoms with Crippen molar-refractivity contribution in [2.24, 2.45) is 0 Å². The van der Waals surface area contributed by atoms with Gasteiger partial charge in [0.1, 0.15) is 0 Å². The van der Waals surface area contributed by atoms with Gasteiger partial charge >= 0.3 is 59.5 Å². The third-order valence-corrected chi connectivity index (χ3v) is 3.74. The average molecular weight is 593 g/mol. The Morgan fingerprint density at radius 1 is 0.438 bits per heavy atom. The molecule has 0 aliphatic carbocycles. The number of hydrogen-bond acceptors (Lipinski definition) is 2. The third kappa shape index (κ3) is 3.53. The van der Waals surface area contributed by atoms with Crippen molar-refractivity contribution in [3.8, 4) is 0 Å². The summed E-state index contributed by atoms with van der Waals surface area (Å²) >= 11 is 1.15. The predicted molar refractivity (Wildman–Crippen MR) is 60.6 cm³/mol. The molecule has 0 aliphatic heterocycles. The van der Waals surface area contributed by atoms with Crippen molar-refractivity contribution < 1.29 is 92.0 Å². The summed E-state index contributed by atoms with van der Waals surface area (Å²) < 4.78 is 247. The second-order valence-electron chi connectivity index (χ2n) is 5.46. The molecule has 0 aliphatic rings. The molecule has 0 aromatic carbocycles. The summed E-state index contributed by atoms with van der Waals surface area (Å²) in [5, 5.41) is 0. The van der Waals surface area contributed by atoms with Crippen molar-refractivity contribution in [2.45, 2.75) is 53.6 Å². The molecule has 0 atom stereocenters. The fourth-order valence-corrected chi connectivity index (χ4v) is 1.74. The first-order valence-corrected chi connectivity index (χ1v) is 7.05. The van der Waals surface area contributed by atoms with Crippen molar-refractivity contribution >= 4 is 22.2 Å². The van der Waals surface area contributed by atoms with Crippen molar-refractivity contribution in [3.05, 3.63) is 0 Å². The lowest BCUT2D eigenvalue weighted by atomic mass is 9.87. The Hall–Kier alpha value is -1.38. The summed E-state index contributed by atoms with van der Waals surface area (Å²) in [6.07, 6.45) is -7.94. The maximum absolute atomic E-state index is 13.3. The molecule has 22 heteroatoms. The van der Waals surface area contributed by atoms with Gasteiger partial charge < -0.3 is 3.83 Å². The van der Waals surface area contributed by atoms with Gasteiger partial charge in [-0.25, -0.2) is 4.79 Å². The molecule has 0 aromatic rings. The highest BCUT2D eigenvalue weighted by Gasteiger charge is 2.97. The van der Waals surface area contributed by atoms with Gasteiger partial charge in [-0.2, -0.15) is 83.4 Å². The second-order valence-corrected chi connectivity index (χ2v) is 5.78. The first-order chi connectivity index (χ1) is 13.5. The molecule has 2 nitrogen and oxygen atoms in total. The molecule has 0 heterocycles. The Morgan fingerprint density at radius 2 is 0.656 bits per heavy atom. The number of hydrogen-bond donors (Lipinski definition) is 0. The molecule has 0 unspecified atom stereocenters. The molecule has 0 spiro atoms. The lowest BCUT2D eigenvalue weighted by Crippen LogP contribution is -2.76. The SMILES string of the molecule is O=C(OBr)C(F)(F)C(F)(F)C(F)(F)C(F)(F)C(F)(F)C(F)(F)C(F)(F)C(F)(F)C(F)(F)F. The highest BCUT2D eigenvalue weighted by Crippen LogP contribution is 2.65. The van der Waals surface area contributed by atoms with Gasteiger partial charge in [0.15, 0.2) is 16.3 Å². The van der Waals surface area contributed by atoms with E-state index in [0.29, 0.717) is 0 Å². The Bertz CT molecular complexity index is 722. The Morgan fingerprint density at radius 3 is 0.875 bits per heavy atom. The Labute approximate surface area is 169 Å². The summed E-state index contributed by atoms with van der Waals surface area (Å²) in [5.41, 5.74) is 0. The summed E-state index contributed by atoms with van der Waals surface area (Å²) in [6.45, 7) is 0. The zero-order valence-corrected chi connectivity index (χ0v) is 15.0. The predicted octanol–water partition coefficient (Wildman–Crippen LogP) is 6.48. The van der Waals surface area contributed by atoms with Gasteiger partial charge in [0.05, 0.1) is 0 Å². The van der Waals surface area contributed by atoms with E-state index in [0.717, 1.165) is 16.3 Å². The van der Waals surface area contributed by atoms with Crippen LogP contribution < -0.4 is 0 Å². The number of halogens is 20. The first-order valence-electron chi connectivity index (χ1n) is 6.40. The maximum Gasteiger partial charge on any atom is 0.460 e. The van der Waals surface area contributed by atoms with E-state index in [-0.39, 0.29) is 0 Å². The van der Waals surface area contributed by atoms with Crippen LogP contribution in [-0.4, -0.2) is 59.5 Å². The molecule has 0 amide bonds. The zero-order valence-electron chi connectivity index (χ0n) is 13.4. The minimum absolute atomic E-state index is 1.15. The maximum atomic E-state index is 13.3. The Balaban J connectivity index is 6.96. The van der Waals surface area contributed by atoms with E-state index in [1.54, 1.807) is 0 Å². The number of carbonyl (C=O) groups excluding carboxylic acids is 1. The molecule has 0 aromatic heterocycles. The number of carbonyl (C=O) groups is 1. The van der Waals surface area contributed by atoms with Crippen molar-refractivity contribution in [2.75, 3.05) is 0 Å². The molecular weight excluding hydrogens is 593 g/mol. The molecular formula is C10BrF19O2. The largest absolute Gasteiger partial charge is 0.460 e. The highest BCUT2D eigenvalue weighted by molar-refractivity contribution is 9.06. The number of rotatable bonds is 8. The monoisotopic (exact) mass is 592 g/mol. The van der Waals surface area contributed by atoms with Crippen LogP contribution in [0.25, 0.3) is 0 Å². The van der Waals surface area contributed by atoms with Gasteiger partial charge in [-0.05, 0) is 0 Å². The van der Waals surface area contributed by atoms with Crippen LogP contribution in [0.3, 0.4) is 0 Å². The van der Waals surface area contributed by atoms with Gasteiger partial charge in [0.25, 0.3) is 0 Å². The van der Waals surface area contributed by atoms with Gasteiger partial charge in [-0.1, -0.05) is 0 Å². The quantitative estimate of drug-likeness (QED) is 0.302. The summed E-state index contributed by atoms with van der Waals surface area (Å²) in [4.78, 5) is 10.3. The molecule has 192 valence electrons. The lowest BCUT2D eigenvalue weighted by molar-refractivity contribution is -0.467. The minimum Gasteiger partial charge on any atom is -0.379 e. The van der Waals surface area contributed by atoms with Crippen LogP contribution in [0.5, 0.6) is 0 Å². The molecule has 32 heavy (non-hydrogen) atoms. The van der Waals surface area contributed by atoms with E-state index < -0.39 is 59.5 Å². The minimum atomic E-state index is -9.03. The van der Waals surface area contributed by atoms with Crippen LogP contribution in [-0.2, 0) is 8.62 Å². The van der Waals surface area contributed by atoms with Gasteiger partial charge in [-0.15, -0.1) is 0 Å². The fourth-order valence-electron chi connectivity index (χ4n) is 1.54. The third-order valence-electron chi connectivity index (χ3n) is 3.44. The van der Waals surface area contributed by atoms with E-state index in [4.69, 9.17) is 0 Å². The summed E-state index contributed by atoms with van der Waals surface area (Å²) in [7, 11) is 0. The topological polar surface area (TPSA) is 26.3 Å². The van der Waals surface area contributed by atoms with E-state index in [9.17, 15) is 88.2 Å². The highest BCUT2D eigenvalue weighted by atomic mass is 79.9. The van der Waals surface area contributed by atoms with Crippen LogP contribution in [0.4, 0.5) is 83.4 Å². The zero-order chi connectivity index (χ0) is 26.8. The standard InChI is InChI=1S/C10BrF19O2/c11-32-1(31)2(12,13)3(14,15)4(16,17)5(18,19)6(20,21)7(22,23)8(24,25)9(26,27)10(28,29)30. The molecule has 0 saturated heterocycles. The van der Waals surface area contributed by atoms with Crippen molar-refractivity contribution in [3.63, 3.8) is 0 Å². The first kappa shape index (κ1) is 30.6. The van der Waals surface area contributed by atoms with Gasteiger partial charge in [-0.3, -0.25) is 0 Å². The van der Waals surface area contributed by atoms with Crippen LogP contribution in [0.2, 0.25) is 0 Å². The van der Waals surface area contributed by atoms with E-state index in [2.05, 4.69) is 3.83 Å². The van der Waals surface area contributed by atoms with E-state index in [1.165, 1.54) is 0 Å². The normalized spacial score (nSPS) is 16.2. The number of alkyl halides is 19. The average Bonchev–Trinajstić information content (AvgIpc) is 2.58. The summed E-state index contributed by atoms with van der Waals surface area (Å²) in [6, 6.07) is 0. The van der Waals surface area contributed by atoms with Crippen LogP contribution in [0.1, 0.15) is 0 Å². The molecule has 0 rings (SSSR count). The van der Waals surface area contributed by atoms with Crippen LogP contribution >= 0.6 is 16.3 Å². The van der Waals surface area contributed by atoms with Crippen molar-refractivity contribution in [1.82, 2.24) is 0 Å². The summed E-state index contributed by atoms with van der Waals surface area (Å²) in [5.74, 6) is -72.3. The molecule has 0 fully saturated rings. The van der Waals surface area contributed by atoms with Crippen LogP contribution in [0, 0.1) is 0 Å². The van der Waals surface area contributed by atoms with E-state index in [1.807, 2.05) is 0 Å². The second kappa shape index (κ2) is 7.57. The smallest absolute Gasteiger partial charge is 0.379 e. The van der Waals surface area contributed by atoms with Crippen LogP contribution in [0.15, 0.2) is 0 Å². The lowest BCUT2D eigenvalue weighted by Gasteiger charge is -2.43. The molecule has 0 bridgehead atoms.